The van der Waals surface area contributed by atoms with Crippen molar-refractivity contribution >= 4 is 46.1 Å². The van der Waals surface area contributed by atoms with E-state index in [0.29, 0.717) is 106 Å². The number of thiazole rings is 1. The van der Waals surface area contributed by atoms with Gasteiger partial charge in [0.25, 0.3) is 5.91 Å². The minimum absolute atomic E-state index is 0.00659. The largest absolute Gasteiger partial charge is 0.473 e. The molecule has 6 aromatic rings. The van der Waals surface area contributed by atoms with Crippen LogP contribution >= 0.6 is 11.3 Å². The van der Waals surface area contributed by atoms with Crippen LogP contribution in [-0.2, 0) is 47.9 Å². The van der Waals surface area contributed by atoms with Crippen molar-refractivity contribution in [2.75, 3.05) is 56.3 Å². The van der Waals surface area contributed by atoms with Gasteiger partial charge in [-0.15, -0.1) is 16.4 Å². The van der Waals surface area contributed by atoms with Gasteiger partial charge < -0.3 is 39.2 Å². The van der Waals surface area contributed by atoms with E-state index >= 15 is 0 Å². The molecular weight excluding hydrogens is 1120 g/mol. The molecule has 18 nitrogen and oxygen atoms in total. The zero-order chi connectivity index (χ0) is 60.4. The molecule has 7 heterocycles. The number of aliphatic hydroxyl groups is 1. The predicted molar refractivity (Wildman–Crippen MR) is 315 cm³/mol. The molecule has 3 saturated heterocycles. The predicted octanol–water partition coefficient (Wildman–Crippen LogP) is 10.6. The van der Waals surface area contributed by atoms with Crippen LogP contribution in [0.25, 0.3) is 21.6 Å². The summed E-state index contributed by atoms with van der Waals surface area (Å²) in [6.07, 6.45) is 3.30. The molecule has 2 aromatic carbocycles. The summed E-state index contributed by atoms with van der Waals surface area (Å²) in [5.74, 6) is -1.34. The lowest BCUT2D eigenvalue weighted by Crippen LogP contribution is -2.47. The van der Waals surface area contributed by atoms with E-state index in [4.69, 9.17) is 23.9 Å². The molecule has 85 heavy (non-hydrogen) atoms. The van der Waals surface area contributed by atoms with Gasteiger partial charge in [-0.1, -0.05) is 69.7 Å². The fourth-order valence-corrected chi connectivity index (χ4v) is 12.0. The minimum atomic E-state index is -4.59. The quantitative estimate of drug-likeness (QED) is 0.0540. The minimum Gasteiger partial charge on any atom is -0.473 e. The van der Waals surface area contributed by atoms with Crippen LogP contribution in [0.2, 0.25) is 0 Å². The van der Waals surface area contributed by atoms with Crippen molar-refractivity contribution in [3.05, 3.63) is 119 Å². The first-order chi connectivity index (χ1) is 40.7. The standard InChI is InChI=1S/C63H76F3N9O9S/c1-39(42-14-16-43(17-15-42)58-41(3)69-38-85-58)25-57(78)55-30-50(77)35-75(55)61(80)54(62(4,5)6)29-49(76)13-8-7-9-19-74-34-48(71-72-74)36-82-37-52-31-51(18-22-83-52)84-60-56(73-20-23-81-24-21-73)27-45(32-68-60)53-28-47(33-67-40(53)2)70-59(79)44-11-10-12-46(26-44)63(64,65)66/h10-12,14-17,26-28,32-34,38-39,50-52,54-55,77H,7-9,13,18-25,29-31,35-37H2,1-6H3,(H,70,79)/t39-,50-,51-,52-,54+,55+/m1/s1. The lowest BCUT2D eigenvalue weighted by Gasteiger charge is -2.35. The highest BCUT2D eigenvalue weighted by atomic mass is 32.1. The van der Waals surface area contributed by atoms with Gasteiger partial charge >= 0.3 is 6.18 Å². The number of likely N-dealkylation sites (tertiary alicyclic amines) is 1. The second-order valence-corrected chi connectivity index (χ2v) is 24.5. The molecular formula is C63H76F3N9O9S. The smallest absolute Gasteiger partial charge is 0.416 e. The highest BCUT2D eigenvalue weighted by Gasteiger charge is 2.44. The Labute approximate surface area is 497 Å². The number of Topliss-reactive ketones (excluding diaryl/α,β-unsaturated/α-hetero) is 2. The van der Waals surface area contributed by atoms with Gasteiger partial charge in [-0.2, -0.15) is 13.2 Å². The van der Waals surface area contributed by atoms with Gasteiger partial charge in [0.1, 0.15) is 23.3 Å². The zero-order valence-electron chi connectivity index (χ0n) is 49.1. The molecule has 2 N–H and O–H groups in total. The number of ketones is 2. The lowest BCUT2D eigenvalue weighted by molar-refractivity contribution is -0.146. The zero-order valence-corrected chi connectivity index (χ0v) is 49.9. The molecule has 0 saturated carbocycles. The maximum atomic E-state index is 14.3. The van der Waals surface area contributed by atoms with Gasteiger partial charge in [0.05, 0.1) is 91.0 Å². The number of rotatable bonds is 24. The van der Waals surface area contributed by atoms with Crippen LogP contribution in [0.3, 0.4) is 0 Å². The number of benzene rings is 2. The first-order valence-electron chi connectivity index (χ1n) is 29.2. The number of hydrogen-bond donors (Lipinski definition) is 2. The van der Waals surface area contributed by atoms with Crippen LogP contribution < -0.4 is 15.0 Å². The van der Waals surface area contributed by atoms with Crippen molar-refractivity contribution in [3.63, 3.8) is 0 Å². The van der Waals surface area contributed by atoms with E-state index in [2.05, 4.69) is 42.6 Å². The number of pyridine rings is 2. The third-order valence-electron chi connectivity index (χ3n) is 16.1. The Morgan fingerprint density at radius 3 is 2.42 bits per heavy atom. The van der Waals surface area contributed by atoms with Crippen molar-refractivity contribution in [2.24, 2.45) is 11.3 Å². The molecule has 0 spiro atoms. The number of amides is 2. The summed E-state index contributed by atoms with van der Waals surface area (Å²) < 4.78 is 66.3. The second-order valence-electron chi connectivity index (χ2n) is 23.6. The SMILES string of the molecule is Cc1ncc(NC(=O)c2cccc(C(F)(F)F)c2)cc1-c1cnc(O[C@@H]2CCO[C@@H](COCc3cn(CCCCCC(=O)C[C@@H](C(=O)N4C[C@H](O)C[C@H]4C(=O)C[C@@H](C)c4ccc(-c5scnc5C)cc4)C(C)(C)C)nn3)C2)c(N2CCOCC2)c1. The topological polar surface area (TPSA) is 213 Å². The molecule has 4 aromatic heterocycles. The molecule has 0 aliphatic carbocycles. The third kappa shape index (κ3) is 16.5. The van der Waals surface area contributed by atoms with Gasteiger partial charge in [-0.05, 0) is 79.5 Å². The number of aromatic nitrogens is 6. The Morgan fingerprint density at radius 2 is 1.68 bits per heavy atom. The van der Waals surface area contributed by atoms with Crippen LogP contribution in [0.4, 0.5) is 24.5 Å². The number of morpholine rings is 1. The Balaban J connectivity index is 0.710. The van der Waals surface area contributed by atoms with E-state index in [0.717, 1.165) is 52.4 Å². The van der Waals surface area contributed by atoms with E-state index in [1.165, 1.54) is 23.2 Å². The Bertz CT molecular complexity index is 3270. The number of alkyl halides is 3. The van der Waals surface area contributed by atoms with Gasteiger partial charge in [-0.25, -0.2) is 9.97 Å². The first kappa shape index (κ1) is 62.5. The van der Waals surface area contributed by atoms with Crippen LogP contribution in [0.15, 0.2) is 84.8 Å². The number of β-amino-alcohol motifs (C(OH)–C–C–N with tert-alkyl or cyclic N) is 1. The van der Waals surface area contributed by atoms with E-state index in [9.17, 15) is 37.5 Å². The molecule has 454 valence electrons. The van der Waals surface area contributed by atoms with E-state index in [1.807, 2.05) is 71.4 Å². The van der Waals surface area contributed by atoms with Gasteiger partial charge in [-0.3, -0.25) is 28.8 Å². The molecule has 3 fully saturated rings. The average Bonchev–Trinajstić information content (AvgIpc) is 4.23. The molecule has 9 rings (SSSR count). The summed E-state index contributed by atoms with van der Waals surface area (Å²) in [4.78, 5) is 73.2. The normalized spacial score (nSPS) is 19.2. The molecule has 0 radical (unpaired) electrons. The number of ether oxygens (including phenoxy) is 4. The van der Waals surface area contributed by atoms with Gasteiger partial charge in [0.2, 0.25) is 11.8 Å². The average molecular weight is 1190 g/mol. The van der Waals surface area contributed by atoms with Crippen molar-refractivity contribution in [1.82, 2.24) is 34.8 Å². The Kier molecular flexibility index (Phi) is 20.6. The van der Waals surface area contributed by atoms with Gasteiger partial charge in [0.15, 0.2) is 5.78 Å². The number of anilines is 2. The number of aliphatic hydroxyl groups excluding tert-OH is 1. The molecule has 0 unspecified atom stereocenters. The number of carbonyl (C=O) groups is 4. The van der Waals surface area contributed by atoms with Crippen molar-refractivity contribution in [2.45, 2.75) is 149 Å². The summed E-state index contributed by atoms with van der Waals surface area (Å²) in [7, 11) is 0. The van der Waals surface area contributed by atoms with Crippen LogP contribution in [0.1, 0.15) is 130 Å². The number of unbranched alkanes of at least 4 members (excludes halogenated alkanes) is 2. The van der Waals surface area contributed by atoms with Gasteiger partial charge in [0, 0.05) is 99.2 Å². The third-order valence-corrected chi connectivity index (χ3v) is 17.1. The maximum absolute atomic E-state index is 14.3. The number of halogens is 3. The van der Waals surface area contributed by atoms with Crippen molar-refractivity contribution < 1.29 is 56.4 Å². The highest BCUT2D eigenvalue weighted by molar-refractivity contribution is 7.13. The number of aryl methyl sites for hydroxylation is 3. The molecule has 3 aliphatic heterocycles. The van der Waals surface area contributed by atoms with E-state index in [1.54, 1.807) is 28.3 Å². The summed E-state index contributed by atoms with van der Waals surface area (Å²) in [5.41, 5.74) is 7.08. The van der Waals surface area contributed by atoms with Crippen LogP contribution in [0.5, 0.6) is 5.88 Å². The molecule has 0 bridgehead atoms. The highest BCUT2D eigenvalue weighted by Crippen LogP contribution is 2.38. The summed E-state index contributed by atoms with van der Waals surface area (Å²) in [5, 5.41) is 22.1. The monoisotopic (exact) mass is 1190 g/mol. The number of nitrogens with one attached hydrogen (secondary N) is 1. The van der Waals surface area contributed by atoms with E-state index in [-0.39, 0.29) is 73.6 Å². The first-order valence-corrected chi connectivity index (χ1v) is 30.1. The summed E-state index contributed by atoms with van der Waals surface area (Å²) in [6.45, 7) is 15.6. The summed E-state index contributed by atoms with van der Waals surface area (Å²) >= 11 is 1.59. The molecule has 3 aliphatic rings. The van der Waals surface area contributed by atoms with Crippen LogP contribution in [0, 0.1) is 25.2 Å². The fourth-order valence-electron chi connectivity index (χ4n) is 11.2. The lowest BCUT2D eigenvalue weighted by atomic mass is 9.76. The molecule has 22 heteroatoms. The van der Waals surface area contributed by atoms with Crippen molar-refractivity contribution in [1.29, 1.82) is 0 Å². The number of nitrogens with zero attached hydrogens (tertiary/aromatic N) is 8. The number of hydrogen-bond acceptors (Lipinski definition) is 16. The molecule has 2 amide bonds. The van der Waals surface area contributed by atoms with Crippen molar-refractivity contribution in [3.8, 4) is 27.4 Å². The van der Waals surface area contributed by atoms with Crippen LogP contribution in [-0.4, -0.2) is 134 Å². The summed E-state index contributed by atoms with van der Waals surface area (Å²) in [6, 6.07) is 15.4. The Morgan fingerprint density at radius 1 is 0.894 bits per heavy atom. The maximum Gasteiger partial charge on any atom is 0.416 e. The Hall–Kier alpha value is -6.98. The second kappa shape index (κ2) is 28.0. The van der Waals surface area contributed by atoms with E-state index < -0.39 is 41.1 Å². The molecule has 6 atom stereocenters. The number of carbonyl (C=O) groups excluding carboxylic acids is 4. The fraction of sp³-hybridized carbons (Fsp3) is 0.508.